The maximum Gasteiger partial charge on any atom is 0.246 e. The molecular formula is C19H19N3OS. The van der Waals surface area contributed by atoms with Gasteiger partial charge in [-0.25, -0.2) is 4.98 Å². The van der Waals surface area contributed by atoms with E-state index in [1.54, 1.807) is 34.6 Å². The fraction of sp³-hybridized carbons (Fsp3) is 0.158. The number of thiophene rings is 1. The number of fused-ring (bicyclic) bond motifs is 1. The van der Waals surface area contributed by atoms with Gasteiger partial charge in [-0.2, -0.15) is 0 Å². The Balaban J connectivity index is 1.67. The summed E-state index contributed by atoms with van der Waals surface area (Å²) in [5.41, 5.74) is 7.47. The fourth-order valence-corrected chi connectivity index (χ4v) is 3.54. The normalized spacial score (nSPS) is 11.2. The van der Waals surface area contributed by atoms with Crippen LogP contribution in [0.3, 0.4) is 0 Å². The van der Waals surface area contributed by atoms with E-state index < -0.39 is 0 Å². The highest BCUT2D eigenvalue weighted by Crippen LogP contribution is 2.26. The highest BCUT2D eigenvalue weighted by molar-refractivity contribution is 7.19. The lowest BCUT2D eigenvalue weighted by Gasteiger charge is -2.13. The van der Waals surface area contributed by atoms with Gasteiger partial charge in [0.1, 0.15) is 5.82 Å². The summed E-state index contributed by atoms with van der Waals surface area (Å²) < 4.78 is 1.24. The minimum atomic E-state index is -0.0399. The smallest absolute Gasteiger partial charge is 0.246 e. The van der Waals surface area contributed by atoms with Crippen molar-refractivity contribution in [3.63, 3.8) is 0 Å². The number of anilines is 1. The molecule has 3 rings (SSSR count). The number of hydrogen-bond donors (Lipinski definition) is 1. The van der Waals surface area contributed by atoms with Crippen LogP contribution in [0.4, 0.5) is 5.82 Å². The van der Waals surface area contributed by atoms with E-state index in [0.717, 1.165) is 11.1 Å². The van der Waals surface area contributed by atoms with Gasteiger partial charge in [0.2, 0.25) is 5.91 Å². The first-order chi connectivity index (χ1) is 11.5. The van der Waals surface area contributed by atoms with Gasteiger partial charge in [0.15, 0.2) is 0 Å². The molecule has 2 aromatic heterocycles. The highest BCUT2D eigenvalue weighted by atomic mass is 32.1. The van der Waals surface area contributed by atoms with Crippen LogP contribution in [0.15, 0.2) is 48.7 Å². The Morgan fingerprint density at radius 1 is 1.33 bits per heavy atom. The molecule has 0 unspecified atom stereocenters. The van der Waals surface area contributed by atoms with Crippen LogP contribution >= 0.6 is 11.3 Å². The van der Waals surface area contributed by atoms with Crippen LogP contribution < -0.4 is 5.73 Å². The quantitative estimate of drug-likeness (QED) is 0.736. The van der Waals surface area contributed by atoms with E-state index >= 15 is 0 Å². The Morgan fingerprint density at radius 2 is 2.12 bits per heavy atom. The van der Waals surface area contributed by atoms with E-state index in [2.05, 4.69) is 23.2 Å². The molecule has 0 spiro atoms. The number of aromatic nitrogens is 1. The second-order valence-corrected chi connectivity index (χ2v) is 6.92. The highest BCUT2D eigenvalue weighted by Gasteiger charge is 2.08. The van der Waals surface area contributed by atoms with Crippen LogP contribution in [0.1, 0.15) is 16.0 Å². The van der Waals surface area contributed by atoms with Gasteiger partial charge >= 0.3 is 0 Å². The Labute approximate surface area is 145 Å². The van der Waals surface area contributed by atoms with Crippen molar-refractivity contribution in [3.8, 4) is 0 Å². The van der Waals surface area contributed by atoms with Crippen molar-refractivity contribution >= 4 is 39.2 Å². The largest absolute Gasteiger partial charge is 0.383 e. The topological polar surface area (TPSA) is 59.2 Å². The molecule has 0 aliphatic carbocycles. The molecule has 0 bridgehead atoms. The Bertz CT molecular complexity index is 881. The molecule has 0 fully saturated rings. The minimum Gasteiger partial charge on any atom is -0.383 e. The third kappa shape index (κ3) is 3.63. The maximum absolute atomic E-state index is 12.3. The van der Waals surface area contributed by atoms with Crippen LogP contribution in [0.5, 0.6) is 0 Å². The number of pyridine rings is 1. The summed E-state index contributed by atoms with van der Waals surface area (Å²) >= 11 is 1.72. The standard InChI is InChI=1S/C19H19N3OS/c1-13-9-14(11-21-19(13)20)7-8-18(23)22(2)12-16-10-15-5-3-4-6-17(15)24-16/h3-11H,12H2,1-2H3,(H2,20,21). The van der Waals surface area contributed by atoms with Crippen LogP contribution in [-0.4, -0.2) is 22.8 Å². The van der Waals surface area contributed by atoms with E-state index in [9.17, 15) is 4.79 Å². The minimum absolute atomic E-state index is 0.0399. The summed E-state index contributed by atoms with van der Waals surface area (Å²) in [6.45, 7) is 2.50. The summed E-state index contributed by atoms with van der Waals surface area (Å²) in [6.07, 6.45) is 5.00. The molecule has 0 saturated carbocycles. The number of likely N-dealkylation sites (N-methyl/N-ethyl adjacent to an activating group) is 1. The number of aryl methyl sites for hydroxylation is 1. The second kappa shape index (κ2) is 6.84. The lowest BCUT2D eigenvalue weighted by molar-refractivity contribution is -0.125. The molecule has 0 aliphatic heterocycles. The third-order valence-electron chi connectivity index (χ3n) is 3.80. The second-order valence-electron chi connectivity index (χ2n) is 5.75. The predicted octanol–water partition coefficient (Wildman–Crippen LogP) is 3.86. The molecule has 0 aliphatic rings. The number of rotatable bonds is 4. The molecule has 24 heavy (non-hydrogen) atoms. The molecule has 1 amide bonds. The summed E-state index contributed by atoms with van der Waals surface area (Å²) in [7, 11) is 1.81. The van der Waals surface area contributed by atoms with Gasteiger partial charge in [-0.15, -0.1) is 11.3 Å². The Hall–Kier alpha value is -2.66. The predicted molar refractivity (Wildman–Crippen MR) is 101 cm³/mol. The number of nitrogens with two attached hydrogens (primary N) is 1. The molecular weight excluding hydrogens is 318 g/mol. The zero-order valence-electron chi connectivity index (χ0n) is 13.7. The Morgan fingerprint density at radius 3 is 2.88 bits per heavy atom. The molecule has 4 nitrogen and oxygen atoms in total. The number of nitrogens with zero attached hydrogens (tertiary/aromatic N) is 2. The van der Waals surface area contributed by atoms with Gasteiger partial charge in [0.25, 0.3) is 0 Å². The molecule has 2 N–H and O–H groups in total. The van der Waals surface area contributed by atoms with Crippen LogP contribution in [0.25, 0.3) is 16.2 Å². The number of nitrogen functional groups attached to an aromatic ring is 1. The van der Waals surface area contributed by atoms with E-state index in [-0.39, 0.29) is 5.91 Å². The Kier molecular flexibility index (Phi) is 4.62. The fourth-order valence-electron chi connectivity index (χ4n) is 2.42. The summed E-state index contributed by atoms with van der Waals surface area (Å²) in [6, 6.07) is 12.3. The summed E-state index contributed by atoms with van der Waals surface area (Å²) in [5, 5.41) is 1.22. The first-order valence-electron chi connectivity index (χ1n) is 7.65. The van der Waals surface area contributed by atoms with Crippen molar-refractivity contribution in [2.75, 3.05) is 12.8 Å². The number of hydrogen-bond acceptors (Lipinski definition) is 4. The van der Waals surface area contributed by atoms with Crippen molar-refractivity contribution in [2.45, 2.75) is 13.5 Å². The molecule has 0 radical (unpaired) electrons. The van der Waals surface area contributed by atoms with Crippen LogP contribution in [0.2, 0.25) is 0 Å². The van der Waals surface area contributed by atoms with Crippen molar-refractivity contribution in [1.29, 1.82) is 0 Å². The number of amides is 1. The number of benzene rings is 1. The van der Waals surface area contributed by atoms with E-state index in [1.807, 2.05) is 32.2 Å². The van der Waals surface area contributed by atoms with E-state index in [4.69, 9.17) is 5.73 Å². The third-order valence-corrected chi connectivity index (χ3v) is 4.90. The van der Waals surface area contributed by atoms with Gasteiger partial charge in [-0.05, 0) is 47.7 Å². The molecule has 0 saturated heterocycles. The lowest BCUT2D eigenvalue weighted by Crippen LogP contribution is -2.23. The molecule has 2 heterocycles. The molecule has 3 aromatic rings. The summed E-state index contributed by atoms with van der Waals surface area (Å²) in [4.78, 5) is 19.3. The average Bonchev–Trinajstić information content (AvgIpc) is 2.97. The zero-order chi connectivity index (χ0) is 17.1. The summed E-state index contributed by atoms with van der Waals surface area (Å²) in [5.74, 6) is 0.474. The molecule has 1 aromatic carbocycles. The van der Waals surface area contributed by atoms with Gasteiger partial charge in [0, 0.05) is 28.9 Å². The van der Waals surface area contributed by atoms with Crippen molar-refractivity contribution < 1.29 is 4.79 Å². The van der Waals surface area contributed by atoms with Crippen molar-refractivity contribution in [1.82, 2.24) is 9.88 Å². The van der Waals surface area contributed by atoms with Gasteiger partial charge in [0.05, 0.1) is 6.54 Å². The molecule has 122 valence electrons. The van der Waals surface area contributed by atoms with Gasteiger partial charge in [-0.3, -0.25) is 4.79 Å². The van der Waals surface area contributed by atoms with E-state index in [0.29, 0.717) is 12.4 Å². The zero-order valence-corrected chi connectivity index (χ0v) is 14.5. The van der Waals surface area contributed by atoms with Crippen molar-refractivity contribution in [3.05, 3.63) is 64.7 Å². The van der Waals surface area contributed by atoms with Crippen LogP contribution in [0, 0.1) is 6.92 Å². The van der Waals surface area contributed by atoms with Crippen LogP contribution in [-0.2, 0) is 11.3 Å². The number of carbonyl (C=O) groups excluding carboxylic acids is 1. The first-order valence-corrected chi connectivity index (χ1v) is 8.47. The van der Waals surface area contributed by atoms with Crippen molar-refractivity contribution in [2.24, 2.45) is 0 Å². The first kappa shape index (κ1) is 16.2. The number of carbonyl (C=O) groups is 1. The lowest BCUT2D eigenvalue weighted by atomic mass is 10.2. The van der Waals surface area contributed by atoms with Gasteiger partial charge in [-0.1, -0.05) is 18.2 Å². The monoisotopic (exact) mass is 337 g/mol. The van der Waals surface area contributed by atoms with Gasteiger partial charge < -0.3 is 10.6 Å². The average molecular weight is 337 g/mol. The molecule has 0 atom stereocenters. The SMILES string of the molecule is Cc1cc(C=CC(=O)N(C)Cc2cc3ccccc3s2)cnc1N. The maximum atomic E-state index is 12.3. The van der Waals surface area contributed by atoms with E-state index in [1.165, 1.54) is 15.0 Å². The molecule has 5 heteroatoms.